The van der Waals surface area contributed by atoms with Crippen LogP contribution < -0.4 is 0 Å². The fourth-order valence-electron chi connectivity index (χ4n) is 3.12. The maximum atomic E-state index is 14.5. The summed E-state index contributed by atoms with van der Waals surface area (Å²) in [5.41, 5.74) is 1.34. The van der Waals surface area contributed by atoms with Crippen LogP contribution in [0.15, 0.2) is 70.1 Å². The summed E-state index contributed by atoms with van der Waals surface area (Å²) in [6.07, 6.45) is 5.12. The Bertz CT molecular complexity index is 730. The molecular weight excluding hydrogens is 344 g/mol. The number of alkyl halides is 3. The van der Waals surface area contributed by atoms with Crippen LogP contribution in [0.3, 0.4) is 0 Å². The van der Waals surface area contributed by atoms with Crippen LogP contribution in [-0.4, -0.2) is 19.4 Å². The summed E-state index contributed by atoms with van der Waals surface area (Å²) in [6.45, 7) is 5.34. The predicted octanol–water partition coefficient (Wildman–Crippen LogP) is 6.53. The van der Waals surface area contributed by atoms with Crippen molar-refractivity contribution in [2.24, 2.45) is 5.92 Å². The molecule has 0 fully saturated rings. The van der Waals surface area contributed by atoms with Gasteiger partial charge in [-0.3, -0.25) is 0 Å². The van der Waals surface area contributed by atoms with Crippen LogP contribution >= 0.6 is 0 Å². The number of hydrogen-bond donors (Lipinski definition) is 0. The van der Waals surface area contributed by atoms with Gasteiger partial charge in [0.15, 0.2) is 0 Å². The third kappa shape index (κ3) is 4.44. The molecule has 0 heterocycles. The molecule has 0 amide bonds. The Morgan fingerprint density at radius 2 is 1.92 bits per heavy atom. The van der Waals surface area contributed by atoms with Crippen molar-refractivity contribution in [3.63, 3.8) is 0 Å². The van der Waals surface area contributed by atoms with Crippen molar-refractivity contribution < 1.29 is 22.3 Å². The second kappa shape index (κ2) is 8.21. The zero-order chi connectivity index (χ0) is 19.5. The Hall–Kier alpha value is -1.88. The zero-order valence-corrected chi connectivity index (χ0v) is 15.5. The smallest absolute Gasteiger partial charge is 0.373 e. The molecule has 2 unspecified atom stereocenters. The molecule has 0 aromatic heterocycles. The van der Waals surface area contributed by atoms with E-state index in [0.717, 1.165) is 6.42 Å². The number of rotatable bonds is 4. The minimum atomic E-state index is -4.39. The number of allylic oxidation sites excluding steroid dienone is 9. The van der Waals surface area contributed by atoms with Gasteiger partial charge in [0.2, 0.25) is 0 Å². The van der Waals surface area contributed by atoms with Crippen LogP contribution in [0, 0.1) is 5.92 Å². The second-order valence-corrected chi connectivity index (χ2v) is 6.57. The van der Waals surface area contributed by atoms with E-state index in [4.69, 9.17) is 4.74 Å². The van der Waals surface area contributed by atoms with Gasteiger partial charge in [-0.1, -0.05) is 32.1 Å². The Labute approximate surface area is 152 Å². The largest absolute Gasteiger partial charge is 0.416 e. The molecule has 26 heavy (non-hydrogen) atoms. The summed E-state index contributed by atoms with van der Waals surface area (Å²) in [6, 6.07) is 0. The molecule has 0 aromatic rings. The molecule has 1 nitrogen and oxygen atoms in total. The van der Waals surface area contributed by atoms with Crippen LogP contribution in [0.4, 0.5) is 17.6 Å². The molecule has 0 radical (unpaired) electrons. The van der Waals surface area contributed by atoms with Gasteiger partial charge >= 0.3 is 6.18 Å². The average molecular weight is 368 g/mol. The molecule has 0 aliphatic heterocycles. The summed E-state index contributed by atoms with van der Waals surface area (Å²) in [4.78, 5) is 0. The molecule has 2 atom stereocenters. The molecule has 0 spiro atoms. The predicted molar refractivity (Wildman–Crippen MR) is 96.2 cm³/mol. The van der Waals surface area contributed by atoms with Gasteiger partial charge in [-0.05, 0) is 66.2 Å². The Kier molecular flexibility index (Phi) is 6.45. The normalized spacial score (nSPS) is 22.8. The van der Waals surface area contributed by atoms with Crippen molar-refractivity contribution in [2.75, 3.05) is 7.11 Å². The van der Waals surface area contributed by atoms with Crippen molar-refractivity contribution >= 4 is 0 Å². The van der Waals surface area contributed by atoms with Gasteiger partial charge in [-0.15, -0.1) is 0 Å². The van der Waals surface area contributed by atoms with E-state index in [1.54, 1.807) is 18.2 Å². The highest BCUT2D eigenvalue weighted by atomic mass is 19.4. The van der Waals surface area contributed by atoms with Crippen LogP contribution in [0.25, 0.3) is 0 Å². The van der Waals surface area contributed by atoms with Gasteiger partial charge in [0.1, 0.15) is 11.9 Å². The quantitative estimate of drug-likeness (QED) is 0.513. The Morgan fingerprint density at radius 1 is 1.23 bits per heavy atom. The highest BCUT2D eigenvalue weighted by molar-refractivity contribution is 5.55. The lowest BCUT2D eigenvalue weighted by atomic mass is 9.91. The van der Waals surface area contributed by atoms with E-state index in [1.807, 2.05) is 13.8 Å². The average Bonchev–Trinajstić information content (AvgIpc) is 2.87. The summed E-state index contributed by atoms with van der Waals surface area (Å²) in [7, 11) is 1.50. The SMILES string of the molecule is CCC(C)C1=C(F)C=CC(OC)C(C2=CCC=C(C(F)(F)F)C(C)=C2)=C1. The molecule has 2 rings (SSSR count). The Balaban J connectivity index is 2.52. The molecular formula is C21H24F4O. The van der Waals surface area contributed by atoms with E-state index in [9.17, 15) is 17.6 Å². The van der Waals surface area contributed by atoms with E-state index < -0.39 is 17.9 Å². The summed E-state index contributed by atoms with van der Waals surface area (Å²) < 4.78 is 59.5. The minimum Gasteiger partial charge on any atom is -0.373 e. The monoisotopic (exact) mass is 368 g/mol. The fraction of sp³-hybridized carbons (Fsp3) is 0.429. The van der Waals surface area contributed by atoms with Crippen molar-refractivity contribution in [2.45, 2.75) is 45.9 Å². The van der Waals surface area contributed by atoms with E-state index >= 15 is 0 Å². The summed E-state index contributed by atoms with van der Waals surface area (Å²) in [5.74, 6) is -0.342. The zero-order valence-electron chi connectivity index (χ0n) is 15.5. The third-order valence-corrected chi connectivity index (χ3v) is 4.80. The first kappa shape index (κ1) is 20.4. The Morgan fingerprint density at radius 3 is 2.50 bits per heavy atom. The van der Waals surface area contributed by atoms with Gasteiger partial charge in [0, 0.05) is 7.11 Å². The molecule has 0 saturated carbocycles. The molecule has 5 heteroatoms. The lowest BCUT2D eigenvalue weighted by Crippen LogP contribution is -2.14. The fourth-order valence-corrected chi connectivity index (χ4v) is 3.12. The van der Waals surface area contributed by atoms with Crippen molar-refractivity contribution in [1.82, 2.24) is 0 Å². The number of methoxy groups -OCH3 is 1. The lowest BCUT2D eigenvalue weighted by molar-refractivity contribution is -0.0894. The first-order valence-corrected chi connectivity index (χ1v) is 8.67. The van der Waals surface area contributed by atoms with Crippen LogP contribution in [0.5, 0.6) is 0 Å². The first-order valence-electron chi connectivity index (χ1n) is 8.67. The lowest BCUT2D eigenvalue weighted by Gasteiger charge is -2.18. The highest BCUT2D eigenvalue weighted by Gasteiger charge is 2.35. The molecule has 2 aliphatic rings. The maximum Gasteiger partial charge on any atom is 0.416 e. The standard InChI is InChI=1S/C21H24F4O/c1-5-13(2)16-12-17(20(26-4)10-9-19(16)22)15-7-6-8-18(14(3)11-15)21(23,24)25/h7-13,20H,5-6H2,1-4H3. The van der Waals surface area contributed by atoms with Gasteiger partial charge < -0.3 is 4.74 Å². The molecule has 0 N–H and O–H groups in total. The van der Waals surface area contributed by atoms with Crippen molar-refractivity contribution in [3.8, 4) is 0 Å². The van der Waals surface area contributed by atoms with Gasteiger partial charge in [-0.25, -0.2) is 4.39 Å². The molecule has 0 aromatic carbocycles. The van der Waals surface area contributed by atoms with Crippen LogP contribution in [0.1, 0.15) is 33.6 Å². The van der Waals surface area contributed by atoms with Gasteiger partial charge in [-0.2, -0.15) is 13.2 Å². The molecule has 0 bridgehead atoms. The molecule has 142 valence electrons. The third-order valence-electron chi connectivity index (χ3n) is 4.80. The van der Waals surface area contributed by atoms with Crippen LogP contribution in [-0.2, 0) is 4.74 Å². The second-order valence-electron chi connectivity index (χ2n) is 6.57. The van der Waals surface area contributed by atoms with E-state index in [-0.39, 0.29) is 23.7 Å². The van der Waals surface area contributed by atoms with E-state index in [1.165, 1.54) is 32.3 Å². The molecule has 2 aliphatic carbocycles. The maximum absolute atomic E-state index is 14.5. The van der Waals surface area contributed by atoms with Crippen molar-refractivity contribution in [1.29, 1.82) is 0 Å². The highest BCUT2D eigenvalue weighted by Crippen LogP contribution is 2.37. The number of hydrogen-bond acceptors (Lipinski definition) is 1. The first-order chi connectivity index (χ1) is 12.2. The summed E-state index contributed by atoms with van der Waals surface area (Å²) >= 11 is 0. The van der Waals surface area contributed by atoms with Crippen LogP contribution in [0.2, 0.25) is 0 Å². The van der Waals surface area contributed by atoms with Gasteiger partial charge in [0.25, 0.3) is 0 Å². The molecule has 0 saturated heterocycles. The minimum absolute atomic E-state index is 0.00873. The number of ether oxygens (including phenoxy) is 1. The summed E-state index contributed by atoms with van der Waals surface area (Å²) in [5, 5.41) is 0. The topological polar surface area (TPSA) is 9.23 Å². The van der Waals surface area contributed by atoms with Gasteiger partial charge in [0.05, 0.1) is 5.57 Å². The van der Waals surface area contributed by atoms with Crippen molar-refractivity contribution in [3.05, 3.63) is 70.1 Å². The number of halogens is 4. The van der Waals surface area contributed by atoms with E-state index in [0.29, 0.717) is 16.7 Å². The van der Waals surface area contributed by atoms with E-state index in [2.05, 4.69) is 0 Å².